The molecule has 1 aliphatic heterocycles. The second-order valence-corrected chi connectivity index (χ2v) is 3.88. The van der Waals surface area contributed by atoms with Crippen LogP contribution in [-0.2, 0) is 0 Å². The number of para-hydroxylation sites is 1. The molecular weight excluding hydrogens is 214 g/mol. The zero-order valence-corrected chi connectivity index (χ0v) is 9.13. The van der Waals surface area contributed by atoms with Crippen LogP contribution in [0.15, 0.2) is 18.2 Å². The lowest BCUT2D eigenvalue weighted by molar-refractivity contribution is 0.170. The molecule has 1 aromatic rings. The SMILES string of the molecule is Cl.NC1CC1c1cccc2c1OCCO2. The summed E-state index contributed by atoms with van der Waals surface area (Å²) in [5.74, 6) is 2.26. The predicted molar refractivity (Wildman–Crippen MR) is 60.0 cm³/mol. The van der Waals surface area contributed by atoms with Crippen molar-refractivity contribution in [2.24, 2.45) is 5.73 Å². The number of ether oxygens (including phenoxy) is 2. The van der Waals surface area contributed by atoms with Gasteiger partial charge in [-0.25, -0.2) is 0 Å². The van der Waals surface area contributed by atoms with Crippen LogP contribution in [0.3, 0.4) is 0 Å². The Hall–Kier alpha value is -0.930. The molecule has 1 aliphatic carbocycles. The third kappa shape index (κ3) is 1.77. The molecule has 2 N–H and O–H groups in total. The molecule has 3 rings (SSSR count). The zero-order valence-electron chi connectivity index (χ0n) is 8.31. The predicted octanol–water partition coefficient (Wildman–Crippen LogP) is 1.69. The van der Waals surface area contributed by atoms with Crippen molar-refractivity contribution in [3.63, 3.8) is 0 Å². The Bertz CT molecular complexity index is 370. The average molecular weight is 228 g/mol. The van der Waals surface area contributed by atoms with Crippen LogP contribution in [-0.4, -0.2) is 19.3 Å². The molecule has 0 saturated heterocycles. The fourth-order valence-corrected chi connectivity index (χ4v) is 1.96. The Morgan fingerprint density at radius 3 is 2.67 bits per heavy atom. The van der Waals surface area contributed by atoms with E-state index in [-0.39, 0.29) is 12.4 Å². The summed E-state index contributed by atoms with van der Waals surface area (Å²) in [6, 6.07) is 6.36. The van der Waals surface area contributed by atoms with Crippen LogP contribution < -0.4 is 15.2 Å². The summed E-state index contributed by atoms with van der Waals surface area (Å²) in [7, 11) is 0. The maximum absolute atomic E-state index is 5.84. The molecule has 82 valence electrons. The quantitative estimate of drug-likeness (QED) is 0.794. The zero-order chi connectivity index (χ0) is 9.54. The van der Waals surface area contributed by atoms with E-state index >= 15 is 0 Å². The summed E-state index contributed by atoms with van der Waals surface area (Å²) >= 11 is 0. The lowest BCUT2D eigenvalue weighted by atomic mass is 10.1. The first-order valence-corrected chi connectivity index (χ1v) is 5.00. The number of nitrogens with two attached hydrogens (primary N) is 1. The van der Waals surface area contributed by atoms with Gasteiger partial charge in [0, 0.05) is 17.5 Å². The second kappa shape index (κ2) is 3.91. The minimum absolute atomic E-state index is 0. The van der Waals surface area contributed by atoms with Gasteiger partial charge in [0.25, 0.3) is 0 Å². The lowest BCUT2D eigenvalue weighted by Crippen LogP contribution is -2.16. The van der Waals surface area contributed by atoms with Gasteiger partial charge in [-0.05, 0) is 12.5 Å². The Balaban J connectivity index is 0.000000853. The van der Waals surface area contributed by atoms with Crippen LogP contribution in [0.4, 0.5) is 0 Å². The Kier molecular flexibility index (Phi) is 2.76. The third-order valence-electron chi connectivity index (χ3n) is 2.84. The molecule has 0 bridgehead atoms. The average Bonchev–Trinajstić information content (AvgIpc) is 2.95. The second-order valence-electron chi connectivity index (χ2n) is 3.88. The fourth-order valence-electron chi connectivity index (χ4n) is 1.96. The smallest absolute Gasteiger partial charge is 0.164 e. The number of rotatable bonds is 1. The van der Waals surface area contributed by atoms with E-state index in [0.29, 0.717) is 25.2 Å². The molecule has 1 heterocycles. The molecule has 3 nitrogen and oxygen atoms in total. The van der Waals surface area contributed by atoms with Gasteiger partial charge in [0.15, 0.2) is 11.5 Å². The molecule has 2 aliphatic rings. The maximum Gasteiger partial charge on any atom is 0.164 e. The van der Waals surface area contributed by atoms with E-state index in [0.717, 1.165) is 17.9 Å². The number of hydrogen-bond acceptors (Lipinski definition) is 3. The fraction of sp³-hybridized carbons (Fsp3) is 0.455. The van der Waals surface area contributed by atoms with Gasteiger partial charge in [-0.15, -0.1) is 12.4 Å². The van der Waals surface area contributed by atoms with Gasteiger partial charge in [-0.1, -0.05) is 12.1 Å². The van der Waals surface area contributed by atoms with Crippen molar-refractivity contribution < 1.29 is 9.47 Å². The highest BCUT2D eigenvalue weighted by molar-refractivity contribution is 5.85. The van der Waals surface area contributed by atoms with Crippen LogP contribution in [0.5, 0.6) is 11.5 Å². The first-order valence-electron chi connectivity index (χ1n) is 5.00. The van der Waals surface area contributed by atoms with E-state index in [9.17, 15) is 0 Å². The van der Waals surface area contributed by atoms with Crippen molar-refractivity contribution in [1.29, 1.82) is 0 Å². The van der Waals surface area contributed by atoms with E-state index in [1.807, 2.05) is 12.1 Å². The van der Waals surface area contributed by atoms with Crippen molar-refractivity contribution in [1.82, 2.24) is 0 Å². The summed E-state index contributed by atoms with van der Waals surface area (Å²) in [5, 5.41) is 0. The molecule has 0 radical (unpaired) electrons. The number of hydrogen-bond donors (Lipinski definition) is 1. The maximum atomic E-state index is 5.84. The van der Waals surface area contributed by atoms with Crippen LogP contribution in [0.1, 0.15) is 17.9 Å². The van der Waals surface area contributed by atoms with Gasteiger partial charge in [-0.2, -0.15) is 0 Å². The standard InChI is InChI=1S/C11H13NO2.ClH/c12-9-6-8(9)7-2-1-3-10-11(7)14-5-4-13-10;/h1-3,8-9H,4-6,12H2;1H. The van der Waals surface area contributed by atoms with E-state index in [2.05, 4.69) is 6.07 Å². The molecule has 0 aromatic heterocycles. The number of fused-ring (bicyclic) bond motifs is 1. The van der Waals surface area contributed by atoms with Crippen molar-refractivity contribution in [2.45, 2.75) is 18.4 Å². The highest BCUT2D eigenvalue weighted by Gasteiger charge is 2.38. The summed E-state index contributed by atoms with van der Waals surface area (Å²) in [5.41, 5.74) is 7.05. The van der Waals surface area contributed by atoms with Gasteiger partial charge in [0.2, 0.25) is 0 Å². The largest absolute Gasteiger partial charge is 0.486 e. The molecule has 15 heavy (non-hydrogen) atoms. The molecule has 2 atom stereocenters. The summed E-state index contributed by atoms with van der Waals surface area (Å²) in [4.78, 5) is 0. The normalized spacial score (nSPS) is 26.7. The minimum Gasteiger partial charge on any atom is -0.486 e. The van der Waals surface area contributed by atoms with Gasteiger partial charge < -0.3 is 15.2 Å². The molecular formula is C11H14ClNO2. The topological polar surface area (TPSA) is 44.5 Å². The van der Waals surface area contributed by atoms with Crippen molar-refractivity contribution in [3.05, 3.63) is 23.8 Å². The molecule has 4 heteroatoms. The summed E-state index contributed by atoms with van der Waals surface area (Å²) in [6.07, 6.45) is 1.07. The molecule has 1 fully saturated rings. The van der Waals surface area contributed by atoms with E-state index in [1.54, 1.807) is 0 Å². The van der Waals surface area contributed by atoms with Crippen molar-refractivity contribution >= 4 is 12.4 Å². The van der Waals surface area contributed by atoms with E-state index < -0.39 is 0 Å². The Labute approximate surface area is 95.0 Å². The molecule has 1 aromatic carbocycles. The highest BCUT2D eigenvalue weighted by Crippen LogP contribution is 2.47. The van der Waals surface area contributed by atoms with Crippen LogP contribution in [0.25, 0.3) is 0 Å². The Morgan fingerprint density at radius 1 is 1.20 bits per heavy atom. The molecule has 0 spiro atoms. The monoisotopic (exact) mass is 227 g/mol. The molecule has 2 unspecified atom stereocenters. The molecule has 1 saturated carbocycles. The number of benzene rings is 1. The first kappa shape index (κ1) is 10.6. The van der Waals surface area contributed by atoms with E-state index in [4.69, 9.17) is 15.2 Å². The van der Waals surface area contributed by atoms with Crippen LogP contribution in [0, 0.1) is 0 Å². The third-order valence-corrected chi connectivity index (χ3v) is 2.84. The van der Waals surface area contributed by atoms with Gasteiger partial charge in [-0.3, -0.25) is 0 Å². The number of halogens is 1. The summed E-state index contributed by atoms with van der Waals surface area (Å²) < 4.78 is 11.1. The summed E-state index contributed by atoms with van der Waals surface area (Å²) in [6.45, 7) is 1.29. The lowest BCUT2D eigenvalue weighted by Gasteiger charge is -2.20. The van der Waals surface area contributed by atoms with Gasteiger partial charge in [0.05, 0.1) is 0 Å². The Morgan fingerprint density at radius 2 is 1.93 bits per heavy atom. The minimum atomic E-state index is 0. The van der Waals surface area contributed by atoms with Crippen LogP contribution in [0.2, 0.25) is 0 Å². The van der Waals surface area contributed by atoms with Gasteiger partial charge in [0.1, 0.15) is 13.2 Å². The van der Waals surface area contributed by atoms with Crippen LogP contribution >= 0.6 is 12.4 Å². The van der Waals surface area contributed by atoms with Gasteiger partial charge >= 0.3 is 0 Å². The van der Waals surface area contributed by atoms with E-state index in [1.165, 1.54) is 5.56 Å². The van der Waals surface area contributed by atoms with Crippen molar-refractivity contribution in [2.75, 3.05) is 13.2 Å². The molecule has 0 amide bonds. The first-order chi connectivity index (χ1) is 6.86. The van der Waals surface area contributed by atoms with Crippen molar-refractivity contribution in [3.8, 4) is 11.5 Å². The highest BCUT2D eigenvalue weighted by atomic mass is 35.5.